The Balaban J connectivity index is 0. The molecule has 0 radical (unpaired) electrons. The van der Waals surface area contributed by atoms with Crippen molar-refractivity contribution in [3.8, 4) is 0 Å². The van der Waals surface area contributed by atoms with Gasteiger partial charge in [-0.05, 0) is 0 Å². The van der Waals surface area contributed by atoms with Crippen LogP contribution in [0.5, 0.6) is 0 Å². The fourth-order valence-electron chi connectivity index (χ4n) is 0. The third kappa shape index (κ3) is 9.16. The Hall–Kier alpha value is 1.83. The first kappa shape index (κ1) is 40.6. The van der Waals surface area contributed by atoms with Crippen molar-refractivity contribution < 1.29 is 58.6 Å². The fourth-order valence-corrected chi connectivity index (χ4v) is 0. The maximum atomic E-state index is 0. The summed E-state index contributed by atoms with van der Waals surface area (Å²) in [7, 11) is 0. The van der Waals surface area contributed by atoms with E-state index in [0.29, 0.717) is 0 Å². The Morgan fingerprint density at radius 3 is 1.00 bits per heavy atom. The van der Waals surface area contributed by atoms with Gasteiger partial charge >= 0.3 is 0 Å². The van der Waals surface area contributed by atoms with Gasteiger partial charge in [0.05, 0.1) is 0 Å². The van der Waals surface area contributed by atoms with Crippen LogP contribution in [0.1, 0.15) is 0 Å². The topological polar surface area (TPSA) is 35.0 Å². The molecule has 0 spiro atoms. The number of hydrogen-bond acceptors (Lipinski definition) is 1. The molecule has 0 aliphatic rings. The van der Waals surface area contributed by atoms with Gasteiger partial charge in [0.25, 0.3) is 0 Å². The zero-order valence-electron chi connectivity index (χ0n) is 1.75. The normalized spacial score (nSPS) is 0. The molecule has 3 N–H and O–H groups in total. The van der Waals surface area contributed by atoms with Gasteiger partial charge in [-0.25, -0.2) is 0 Å². The molecule has 0 saturated heterocycles. The Morgan fingerprint density at radius 2 is 1.00 bits per heavy atom. The van der Waals surface area contributed by atoms with Gasteiger partial charge in [0, 0.05) is 58.6 Å². The molecule has 4 heavy (non-hydrogen) atoms. The molecule has 0 fully saturated rings. The largest absolute Gasteiger partial charge is 0.344 e. The average molecular weight is 367 g/mol. The van der Waals surface area contributed by atoms with Crippen molar-refractivity contribution in [2.75, 3.05) is 0 Å². The SMILES string of the molecule is N.[Mo].[Ni].[Pt]. The Morgan fingerprint density at radius 1 is 1.00 bits per heavy atom. The summed E-state index contributed by atoms with van der Waals surface area (Å²) in [6.45, 7) is 0. The monoisotopic (exact) mass is 368 g/mol. The first-order valence-electron chi connectivity index (χ1n) is 0. The van der Waals surface area contributed by atoms with Crippen LogP contribution >= 0.6 is 0 Å². The molecule has 0 heterocycles. The Bertz CT molecular complexity index is 8.00. The van der Waals surface area contributed by atoms with Crippen molar-refractivity contribution in [2.24, 2.45) is 0 Å². The van der Waals surface area contributed by atoms with Crippen molar-refractivity contribution in [2.45, 2.75) is 0 Å². The Kier molecular flexibility index (Phi) is 215. The maximum Gasteiger partial charge on any atom is 0 e. The van der Waals surface area contributed by atoms with E-state index < -0.39 is 0 Å². The second-order valence-corrected chi connectivity index (χ2v) is 0. The van der Waals surface area contributed by atoms with Gasteiger partial charge in [-0.3, -0.25) is 0 Å². The molecule has 0 aliphatic carbocycles. The predicted molar refractivity (Wildman–Crippen MR) is 5.02 cm³/mol. The number of rotatable bonds is 0. The van der Waals surface area contributed by atoms with Crippen molar-refractivity contribution in [3.63, 3.8) is 0 Å². The summed E-state index contributed by atoms with van der Waals surface area (Å²) in [6, 6.07) is 0. The van der Waals surface area contributed by atoms with E-state index in [4.69, 9.17) is 0 Å². The van der Waals surface area contributed by atoms with Crippen molar-refractivity contribution in [1.82, 2.24) is 6.15 Å². The molecule has 0 aromatic heterocycles. The van der Waals surface area contributed by atoms with Crippen molar-refractivity contribution in [3.05, 3.63) is 0 Å². The average Bonchev–Trinajstić information content (AvgIpc) is 0. The van der Waals surface area contributed by atoms with Crippen LogP contribution in [-0.4, -0.2) is 0 Å². The molecule has 1 nitrogen and oxygen atoms in total. The smallest absolute Gasteiger partial charge is 0 e. The molecule has 4 heteroatoms. The van der Waals surface area contributed by atoms with Gasteiger partial charge in [-0.2, -0.15) is 0 Å². The minimum Gasteiger partial charge on any atom is -0.344 e. The first-order valence-corrected chi connectivity index (χ1v) is 0. The molecule has 0 rings (SSSR count). The van der Waals surface area contributed by atoms with E-state index in [0.717, 1.165) is 0 Å². The van der Waals surface area contributed by atoms with Crippen LogP contribution in [-0.2, 0) is 58.6 Å². The van der Waals surface area contributed by atoms with E-state index in [-0.39, 0.29) is 64.8 Å². The van der Waals surface area contributed by atoms with Gasteiger partial charge in [-0.15, -0.1) is 0 Å². The quantitative estimate of drug-likeness (QED) is 0.609. The van der Waals surface area contributed by atoms with Crippen LogP contribution in [0.2, 0.25) is 0 Å². The zero-order valence-corrected chi connectivity index (χ0v) is 7.01. The van der Waals surface area contributed by atoms with Crippen LogP contribution in [0.4, 0.5) is 0 Å². The van der Waals surface area contributed by atoms with E-state index in [9.17, 15) is 0 Å². The molecule has 0 saturated carbocycles. The summed E-state index contributed by atoms with van der Waals surface area (Å²) in [5.41, 5.74) is 0. The second kappa shape index (κ2) is 21.2. The molecular weight excluding hydrogens is 364 g/mol. The summed E-state index contributed by atoms with van der Waals surface area (Å²) < 4.78 is 0. The van der Waals surface area contributed by atoms with Crippen LogP contribution in [0, 0.1) is 0 Å². The molecule has 0 aliphatic heterocycles. The zero-order chi connectivity index (χ0) is 0. The Labute approximate surface area is 64.3 Å². The predicted octanol–water partition coefficient (Wildman–Crippen LogP) is 0.154. The number of hydrogen-bond donors (Lipinski definition) is 1. The third-order valence-corrected chi connectivity index (χ3v) is 0. The summed E-state index contributed by atoms with van der Waals surface area (Å²) in [4.78, 5) is 0. The van der Waals surface area contributed by atoms with Gasteiger partial charge in [0.1, 0.15) is 0 Å². The molecule has 0 bridgehead atoms. The molecule has 0 amide bonds. The molecule has 34 valence electrons. The summed E-state index contributed by atoms with van der Waals surface area (Å²) >= 11 is 0. The van der Waals surface area contributed by atoms with E-state index in [1.807, 2.05) is 0 Å². The summed E-state index contributed by atoms with van der Waals surface area (Å²) in [5.74, 6) is 0. The minimum absolute atomic E-state index is 0. The van der Waals surface area contributed by atoms with Crippen LogP contribution in [0.25, 0.3) is 0 Å². The van der Waals surface area contributed by atoms with E-state index in [1.165, 1.54) is 0 Å². The van der Waals surface area contributed by atoms with Crippen LogP contribution in [0.15, 0.2) is 0 Å². The van der Waals surface area contributed by atoms with Crippen molar-refractivity contribution >= 4 is 0 Å². The maximum absolute atomic E-state index is 0. The van der Waals surface area contributed by atoms with Gasteiger partial charge < -0.3 is 6.15 Å². The standard InChI is InChI=1S/Mo.H3N.Ni.Pt/h;1H3;;. The van der Waals surface area contributed by atoms with Gasteiger partial charge in [0.15, 0.2) is 0 Å². The fraction of sp³-hybridized carbons (Fsp3) is 0. The van der Waals surface area contributed by atoms with Gasteiger partial charge in [0.2, 0.25) is 0 Å². The summed E-state index contributed by atoms with van der Waals surface area (Å²) in [5, 5.41) is 0. The van der Waals surface area contributed by atoms with E-state index >= 15 is 0 Å². The minimum atomic E-state index is 0. The van der Waals surface area contributed by atoms with E-state index in [1.54, 1.807) is 0 Å². The molecule has 0 aromatic rings. The van der Waals surface area contributed by atoms with Gasteiger partial charge in [-0.1, -0.05) is 0 Å². The molecule has 0 aromatic carbocycles. The van der Waals surface area contributed by atoms with Crippen LogP contribution in [0.3, 0.4) is 0 Å². The molecule has 0 atom stereocenters. The summed E-state index contributed by atoms with van der Waals surface area (Å²) in [6.07, 6.45) is 0. The van der Waals surface area contributed by atoms with Crippen molar-refractivity contribution in [1.29, 1.82) is 0 Å². The second-order valence-electron chi connectivity index (χ2n) is 0. The molecule has 0 unspecified atom stereocenters. The molecular formula is H3MoNNiPt. The van der Waals surface area contributed by atoms with Crippen LogP contribution < -0.4 is 6.15 Å². The van der Waals surface area contributed by atoms with E-state index in [2.05, 4.69) is 0 Å². The third-order valence-electron chi connectivity index (χ3n) is 0. The first-order chi connectivity index (χ1) is 0.